The predicted molar refractivity (Wildman–Crippen MR) is 94.0 cm³/mol. The van der Waals surface area contributed by atoms with E-state index in [9.17, 15) is 4.79 Å². The molecular formula is C19H22N4O2. The quantitative estimate of drug-likeness (QED) is 0.717. The van der Waals surface area contributed by atoms with Gasteiger partial charge in [0.1, 0.15) is 5.52 Å². The highest BCUT2D eigenvalue weighted by Gasteiger charge is 2.29. The maximum absolute atomic E-state index is 12.7. The van der Waals surface area contributed by atoms with E-state index in [0.29, 0.717) is 18.7 Å². The van der Waals surface area contributed by atoms with E-state index in [1.807, 2.05) is 53.2 Å². The molecule has 0 saturated carbocycles. The highest BCUT2D eigenvalue weighted by Crippen LogP contribution is 2.21. The molecule has 1 aliphatic heterocycles. The smallest absolute Gasteiger partial charge is 0.223 e. The first kappa shape index (κ1) is 15.9. The molecule has 1 fully saturated rings. The van der Waals surface area contributed by atoms with Gasteiger partial charge in [-0.15, -0.1) is 0 Å². The number of hydrogen-bond donors (Lipinski definition) is 0. The largest absolute Gasteiger partial charge is 0.441 e. The zero-order valence-corrected chi connectivity index (χ0v) is 14.4. The SMILES string of the molecule is Cc1cnn(C[C@@H]2CCCN2C(=O)CCc2nc3ccccc3o2)c1. The summed E-state index contributed by atoms with van der Waals surface area (Å²) in [6.45, 7) is 3.63. The summed E-state index contributed by atoms with van der Waals surface area (Å²) in [5.74, 6) is 0.807. The van der Waals surface area contributed by atoms with Crippen LogP contribution in [0.5, 0.6) is 0 Å². The number of oxazole rings is 1. The average molecular weight is 338 g/mol. The van der Waals surface area contributed by atoms with Gasteiger partial charge in [-0.2, -0.15) is 5.10 Å². The summed E-state index contributed by atoms with van der Waals surface area (Å²) < 4.78 is 7.65. The van der Waals surface area contributed by atoms with Gasteiger partial charge in [-0.1, -0.05) is 12.1 Å². The lowest BCUT2D eigenvalue weighted by atomic mass is 10.2. The van der Waals surface area contributed by atoms with Gasteiger partial charge < -0.3 is 9.32 Å². The van der Waals surface area contributed by atoms with Crippen molar-refractivity contribution in [3.05, 3.63) is 48.1 Å². The van der Waals surface area contributed by atoms with Gasteiger partial charge in [-0.05, 0) is 37.5 Å². The summed E-state index contributed by atoms with van der Waals surface area (Å²) >= 11 is 0. The summed E-state index contributed by atoms with van der Waals surface area (Å²) in [4.78, 5) is 19.1. The number of nitrogens with zero attached hydrogens (tertiary/aromatic N) is 4. The van der Waals surface area contributed by atoms with Gasteiger partial charge >= 0.3 is 0 Å². The first-order valence-electron chi connectivity index (χ1n) is 8.82. The molecular weight excluding hydrogens is 316 g/mol. The highest BCUT2D eigenvalue weighted by molar-refractivity contribution is 5.77. The number of rotatable bonds is 5. The van der Waals surface area contributed by atoms with Crippen LogP contribution >= 0.6 is 0 Å². The van der Waals surface area contributed by atoms with Crippen LogP contribution in [0.3, 0.4) is 0 Å². The Morgan fingerprint density at radius 3 is 3.04 bits per heavy atom. The van der Waals surface area contributed by atoms with Crippen molar-refractivity contribution < 1.29 is 9.21 Å². The molecule has 0 radical (unpaired) electrons. The van der Waals surface area contributed by atoms with E-state index in [0.717, 1.165) is 42.6 Å². The van der Waals surface area contributed by atoms with Crippen molar-refractivity contribution in [3.8, 4) is 0 Å². The van der Waals surface area contributed by atoms with Crippen LogP contribution in [0.15, 0.2) is 41.1 Å². The van der Waals surface area contributed by atoms with Crippen LogP contribution in [0.2, 0.25) is 0 Å². The Kier molecular flexibility index (Phi) is 4.26. The van der Waals surface area contributed by atoms with Crippen LogP contribution in [0.4, 0.5) is 0 Å². The van der Waals surface area contributed by atoms with Crippen LogP contribution in [0, 0.1) is 6.92 Å². The molecule has 0 aliphatic carbocycles. The second-order valence-corrected chi connectivity index (χ2v) is 6.70. The zero-order valence-electron chi connectivity index (χ0n) is 14.4. The molecule has 2 aromatic heterocycles. The second-order valence-electron chi connectivity index (χ2n) is 6.70. The van der Waals surface area contributed by atoms with Crippen molar-refractivity contribution in [1.82, 2.24) is 19.7 Å². The molecule has 0 spiro atoms. The number of aryl methyl sites for hydroxylation is 2. The van der Waals surface area contributed by atoms with Crippen LogP contribution in [-0.4, -0.2) is 38.2 Å². The molecule has 6 nitrogen and oxygen atoms in total. The van der Waals surface area contributed by atoms with Gasteiger partial charge in [0.05, 0.1) is 18.8 Å². The molecule has 0 N–H and O–H groups in total. The number of hydrogen-bond acceptors (Lipinski definition) is 4. The van der Waals surface area contributed by atoms with Crippen molar-refractivity contribution in [2.75, 3.05) is 6.54 Å². The lowest BCUT2D eigenvalue weighted by Gasteiger charge is -2.24. The lowest BCUT2D eigenvalue weighted by Crippen LogP contribution is -2.38. The molecule has 1 amide bonds. The highest BCUT2D eigenvalue weighted by atomic mass is 16.3. The summed E-state index contributed by atoms with van der Waals surface area (Å²) in [5, 5.41) is 4.34. The maximum Gasteiger partial charge on any atom is 0.223 e. The minimum absolute atomic E-state index is 0.175. The minimum atomic E-state index is 0.175. The monoisotopic (exact) mass is 338 g/mol. The van der Waals surface area contributed by atoms with Crippen LogP contribution in [-0.2, 0) is 17.8 Å². The standard InChI is InChI=1S/C19H22N4O2/c1-14-11-20-22(12-14)13-15-5-4-10-23(15)19(24)9-8-18-21-16-6-2-3-7-17(16)25-18/h2-3,6-7,11-12,15H,4-5,8-10,13H2,1H3/t15-/m0/s1. The topological polar surface area (TPSA) is 64.2 Å². The van der Waals surface area contributed by atoms with E-state index in [2.05, 4.69) is 10.1 Å². The van der Waals surface area contributed by atoms with Crippen molar-refractivity contribution in [2.45, 2.75) is 45.2 Å². The second kappa shape index (κ2) is 6.70. The third kappa shape index (κ3) is 3.43. The van der Waals surface area contributed by atoms with E-state index in [1.165, 1.54) is 0 Å². The number of amides is 1. The molecule has 0 bridgehead atoms. The zero-order chi connectivity index (χ0) is 17.2. The molecule has 6 heteroatoms. The van der Waals surface area contributed by atoms with Crippen molar-refractivity contribution in [3.63, 3.8) is 0 Å². The molecule has 4 rings (SSSR count). The minimum Gasteiger partial charge on any atom is -0.441 e. The molecule has 1 aromatic carbocycles. The Balaban J connectivity index is 1.37. The van der Waals surface area contributed by atoms with Crippen molar-refractivity contribution >= 4 is 17.0 Å². The number of benzene rings is 1. The van der Waals surface area contributed by atoms with Gasteiger partial charge in [-0.3, -0.25) is 9.48 Å². The fourth-order valence-electron chi connectivity index (χ4n) is 3.52. The van der Waals surface area contributed by atoms with E-state index < -0.39 is 0 Å². The molecule has 1 saturated heterocycles. The van der Waals surface area contributed by atoms with Crippen LogP contribution in [0.1, 0.15) is 30.7 Å². The van der Waals surface area contributed by atoms with Crippen molar-refractivity contribution in [2.24, 2.45) is 0 Å². The Bertz CT molecular complexity index is 849. The lowest BCUT2D eigenvalue weighted by molar-refractivity contribution is -0.132. The van der Waals surface area contributed by atoms with Gasteiger partial charge in [-0.25, -0.2) is 4.98 Å². The van der Waals surface area contributed by atoms with Gasteiger partial charge in [0, 0.05) is 25.6 Å². The average Bonchev–Trinajstić information content (AvgIpc) is 3.32. The molecule has 3 aromatic rings. The molecule has 3 heterocycles. The van der Waals surface area contributed by atoms with Crippen molar-refractivity contribution in [1.29, 1.82) is 0 Å². The first-order chi connectivity index (χ1) is 12.2. The Hall–Kier alpha value is -2.63. The van der Waals surface area contributed by atoms with Gasteiger partial charge in [0.15, 0.2) is 11.5 Å². The number of likely N-dealkylation sites (tertiary alicyclic amines) is 1. The van der Waals surface area contributed by atoms with Gasteiger partial charge in [0.2, 0.25) is 5.91 Å². The third-order valence-corrected chi connectivity index (χ3v) is 4.75. The summed E-state index contributed by atoms with van der Waals surface area (Å²) in [5.41, 5.74) is 2.77. The van der Waals surface area contributed by atoms with Gasteiger partial charge in [0.25, 0.3) is 0 Å². The summed E-state index contributed by atoms with van der Waals surface area (Å²) in [7, 11) is 0. The Morgan fingerprint density at radius 1 is 1.36 bits per heavy atom. The molecule has 0 unspecified atom stereocenters. The number of para-hydroxylation sites is 2. The summed E-state index contributed by atoms with van der Waals surface area (Å²) in [6, 6.07) is 7.92. The van der Waals surface area contributed by atoms with E-state index in [4.69, 9.17) is 4.42 Å². The fraction of sp³-hybridized carbons (Fsp3) is 0.421. The third-order valence-electron chi connectivity index (χ3n) is 4.75. The number of carbonyl (C=O) groups is 1. The number of carbonyl (C=O) groups excluding carboxylic acids is 1. The molecule has 1 aliphatic rings. The van der Waals surface area contributed by atoms with E-state index in [1.54, 1.807) is 0 Å². The molecule has 1 atom stereocenters. The predicted octanol–water partition coefficient (Wildman–Crippen LogP) is 2.96. The molecule has 130 valence electrons. The molecule has 25 heavy (non-hydrogen) atoms. The normalized spacial score (nSPS) is 17.5. The summed E-state index contributed by atoms with van der Waals surface area (Å²) in [6.07, 6.45) is 6.94. The Labute approximate surface area is 146 Å². The van der Waals surface area contributed by atoms with E-state index >= 15 is 0 Å². The fourth-order valence-corrected chi connectivity index (χ4v) is 3.52. The Morgan fingerprint density at radius 2 is 2.24 bits per heavy atom. The van der Waals surface area contributed by atoms with E-state index in [-0.39, 0.29) is 11.9 Å². The van der Waals surface area contributed by atoms with Crippen LogP contribution < -0.4 is 0 Å². The number of fused-ring (bicyclic) bond motifs is 1. The first-order valence-corrected chi connectivity index (χ1v) is 8.82. The van der Waals surface area contributed by atoms with Crippen LogP contribution in [0.25, 0.3) is 11.1 Å². The number of aromatic nitrogens is 3. The maximum atomic E-state index is 12.7.